The summed E-state index contributed by atoms with van der Waals surface area (Å²) in [5.74, 6) is -0.115. The Morgan fingerprint density at radius 3 is 2.71 bits per heavy atom. The van der Waals surface area contributed by atoms with Gasteiger partial charge < -0.3 is 9.84 Å². The molecule has 0 amide bonds. The van der Waals surface area contributed by atoms with Crippen molar-refractivity contribution in [3.63, 3.8) is 0 Å². The third kappa shape index (κ3) is 3.57. The topological polar surface area (TPSA) is 59.4 Å². The largest absolute Gasteiger partial charge is 0.486 e. The molecule has 88 valence electrons. The van der Waals surface area contributed by atoms with E-state index in [-0.39, 0.29) is 6.42 Å². The minimum absolute atomic E-state index is 0.0345. The maximum absolute atomic E-state index is 10.5. The Balaban J connectivity index is 1.91. The molecule has 0 aliphatic carbocycles. The van der Waals surface area contributed by atoms with E-state index in [0.717, 1.165) is 10.6 Å². The molecule has 0 saturated heterocycles. The second-order valence-electron chi connectivity index (χ2n) is 3.43. The number of rotatable bonds is 5. The summed E-state index contributed by atoms with van der Waals surface area (Å²) < 4.78 is 5.51. The van der Waals surface area contributed by atoms with Crippen LogP contribution in [0.25, 0.3) is 0 Å². The van der Waals surface area contributed by atoms with Crippen molar-refractivity contribution in [2.45, 2.75) is 13.0 Å². The van der Waals surface area contributed by atoms with Gasteiger partial charge in [-0.1, -0.05) is 12.1 Å². The molecular formula is C12H11NO3S. The highest BCUT2D eigenvalue weighted by Gasteiger charge is 2.01. The molecule has 5 heteroatoms. The van der Waals surface area contributed by atoms with Crippen LogP contribution in [0, 0.1) is 0 Å². The van der Waals surface area contributed by atoms with Crippen LogP contribution in [0.3, 0.4) is 0 Å². The van der Waals surface area contributed by atoms with Crippen molar-refractivity contribution < 1.29 is 14.6 Å². The molecule has 1 aromatic heterocycles. The number of thiazole rings is 1. The standard InChI is InChI=1S/C12H11NO3S/c14-12(15)7-9-1-3-10(4-2-9)16-8-11-13-5-6-17-11/h1-6H,7-8H2,(H,14,15). The summed E-state index contributed by atoms with van der Waals surface area (Å²) >= 11 is 1.54. The van der Waals surface area contributed by atoms with E-state index in [1.807, 2.05) is 5.38 Å². The first-order chi connectivity index (χ1) is 8.24. The fraction of sp³-hybridized carbons (Fsp3) is 0.167. The zero-order chi connectivity index (χ0) is 12.1. The average Bonchev–Trinajstić information content (AvgIpc) is 2.80. The van der Waals surface area contributed by atoms with Crippen molar-refractivity contribution in [2.75, 3.05) is 0 Å². The van der Waals surface area contributed by atoms with Gasteiger partial charge in [0, 0.05) is 11.6 Å². The van der Waals surface area contributed by atoms with E-state index in [0.29, 0.717) is 12.4 Å². The second-order valence-corrected chi connectivity index (χ2v) is 4.41. The van der Waals surface area contributed by atoms with Gasteiger partial charge in [-0.2, -0.15) is 0 Å². The Morgan fingerprint density at radius 1 is 1.35 bits per heavy atom. The molecule has 17 heavy (non-hydrogen) atoms. The number of aromatic nitrogens is 1. The highest BCUT2D eigenvalue weighted by Crippen LogP contribution is 2.15. The zero-order valence-corrected chi connectivity index (χ0v) is 9.81. The minimum atomic E-state index is -0.832. The maximum atomic E-state index is 10.5. The van der Waals surface area contributed by atoms with Gasteiger partial charge in [-0.25, -0.2) is 4.98 Å². The SMILES string of the molecule is O=C(O)Cc1ccc(OCc2nccs2)cc1. The van der Waals surface area contributed by atoms with Crippen molar-refractivity contribution in [2.24, 2.45) is 0 Å². The summed E-state index contributed by atoms with van der Waals surface area (Å²) in [5.41, 5.74) is 0.763. The van der Waals surface area contributed by atoms with Crippen molar-refractivity contribution in [3.8, 4) is 5.75 Å². The second kappa shape index (κ2) is 5.45. The lowest BCUT2D eigenvalue weighted by Crippen LogP contribution is -2.00. The van der Waals surface area contributed by atoms with Crippen molar-refractivity contribution in [1.82, 2.24) is 4.98 Å². The van der Waals surface area contributed by atoms with Gasteiger partial charge in [-0.05, 0) is 17.7 Å². The summed E-state index contributed by atoms with van der Waals surface area (Å²) in [5, 5.41) is 11.4. The monoisotopic (exact) mass is 249 g/mol. The van der Waals surface area contributed by atoms with Crippen molar-refractivity contribution in [1.29, 1.82) is 0 Å². The minimum Gasteiger partial charge on any atom is -0.486 e. The number of nitrogens with zero attached hydrogens (tertiary/aromatic N) is 1. The lowest BCUT2D eigenvalue weighted by molar-refractivity contribution is -0.136. The Morgan fingerprint density at radius 2 is 2.12 bits per heavy atom. The molecule has 0 atom stereocenters. The molecule has 0 saturated carbocycles. The first-order valence-corrected chi connectivity index (χ1v) is 5.94. The maximum Gasteiger partial charge on any atom is 0.307 e. The van der Waals surface area contributed by atoms with Crippen LogP contribution in [0.4, 0.5) is 0 Å². The smallest absolute Gasteiger partial charge is 0.307 e. The molecule has 0 aliphatic rings. The van der Waals surface area contributed by atoms with Crippen LogP contribution in [0.15, 0.2) is 35.8 Å². The third-order valence-corrected chi connectivity index (χ3v) is 2.88. The predicted octanol–water partition coefficient (Wildman–Crippen LogP) is 2.35. The quantitative estimate of drug-likeness (QED) is 0.883. The number of aliphatic carboxylic acids is 1. The molecule has 0 bridgehead atoms. The number of carbonyl (C=O) groups is 1. The molecule has 2 rings (SSSR count). The van der Waals surface area contributed by atoms with Gasteiger partial charge in [0.1, 0.15) is 17.4 Å². The molecule has 0 radical (unpaired) electrons. The molecule has 1 aromatic carbocycles. The predicted molar refractivity (Wildman–Crippen MR) is 64.2 cm³/mol. The molecule has 0 aliphatic heterocycles. The van der Waals surface area contributed by atoms with Crippen LogP contribution < -0.4 is 4.74 Å². The zero-order valence-electron chi connectivity index (χ0n) is 9.00. The number of carboxylic acids is 1. The van der Waals surface area contributed by atoms with Gasteiger partial charge >= 0.3 is 5.97 Å². The molecule has 2 aromatic rings. The van der Waals surface area contributed by atoms with Gasteiger partial charge in [0.25, 0.3) is 0 Å². The molecular weight excluding hydrogens is 238 g/mol. The lowest BCUT2D eigenvalue weighted by Gasteiger charge is -2.04. The van der Waals surface area contributed by atoms with E-state index < -0.39 is 5.97 Å². The van der Waals surface area contributed by atoms with Crippen LogP contribution in [0.2, 0.25) is 0 Å². The van der Waals surface area contributed by atoms with Crippen LogP contribution >= 0.6 is 11.3 Å². The molecule has 0 unspecified atom stereocenters. The van der Waals surface area contributed by atoms with E-state index >= 15 is 0 Å². The molecule has 4 nitrogen and oxygen atoms in total. The lowest BCUT2D eigenvalue weighted by atomic mass is 10.1. The Labute approximate surface area is 103 Å². The van der Waals surface area contributed by atoms with E-state index in [2.05, 4.69) is 4.98 Å². The average molecular weight is 249 g/mol. The van der Waals surface area contributed by atoms with Crippen molar-refractivity contribution >= 4 is 17.3 Å². The highest BCUT2D eigenvalue weighted by atomic mass is 32.1. The fourth-order valence-corrected chi connectivity index (χ4v) is 1.87. The van der Waals surface area contributed by atoms with Gasteiger partial charge in [-0.3, -0.25) is 4.79 Å². The number of ether oxygens (including phenoxy) is 1. The van der Waals surface area contributed by atoms with Gasteiger partial charge in [0.2, 0.25) is 0 Å². The normalized spacial score (nSPS) is 10.1. The number of benzene rings is 1. The van der Waals surface area contributed by atoms with Crippen LogP contribution in [-0.4, -0.2) is 16.1 Å². The molecule has 0 spiro atoms. The van der Waals surface area contributed by atoms with Crippen molar-refractivity contribution in [3.05, 3.63) is 46.4 Å². The summed E-state index contributed by atoms with van der Waals surface area (Å²) in [6.45, 7) is 0.440. The highest BCUT2D eigenvalue weighted by molar-refractivity contribution is 7.09. The third-order valence-electron chi connectivity index (χ3n) is 2.12. The Bertz CT molecular complexity index is 479. The molecule has 1 heterocycles. The van der Waals surface area contributed by atoms with Crippen LogP contribution in [0.5, 0.6) is 5.75 Å². The summed E-state index contributed by atoms with van der Waals surface area (Å²) in [6, 6.07) is 7.05. The van der Waals surface area contributed by atoms with Gasteiger partial charge in [-0.15, -0.1) is 11.3 Å². The van der Waals surface area contributed by atoms with Crippen LogP contribution in [0.1, 0.15) is 10.6 Å². The number of carboxylic acid groups (broad SMARTS) is 1. The summed E-state index contributed by atoms with van der Waals surface area (Å²) in [6.07, 6.45) is 1.77. The molecule has 0 fully saturated rings. The first-order valence-electron chi connectivity index (χ1n) is 5.06. The van der Waals surface area contributed by atoms with Crippen LogP contribution in [-0.2, 0) is 17.8 Å². The Kier molecular flexibility index (Phi) is 3.72. The van der Waals surface area contributed by atoms with E-state index in [1.54, 1.807) is 30.5 Å². The van der Waals surface area contributed by atoms with E-state index in [1.165, 1.54) is 11.3 Å². The van der Waals surface area contributed by atoms with E-state index in [9.17, 15) is 4.79 Å². The summed E-state index contributed by atoms with van der Waals surface area (Å²) in [7, 11) is 0. The number of hydrogen-bond donors (Lipinski definition) is 1. The van der Waals surface area contributed by atoms with Gasteiger partial charge in [0.05, 0.1) is 6.42 Å². The fourth-order valence-electron chi connectivity index (χ4n) is 1.35. The number of hydrogen-bond acceptors (Lipinski definition) is 4. The molecule has 1 N–H and O–H groups in total. The first kappa shape index (κ1) is 11.6. The van der Waals surface area contributed by atoms with Gasteiger partial charge in [0.15, 0.2) is 0 Å². The Hall–Kier alpha value is -1.88. The van der Waals surface area contributed by atoms with E-state index in [4.69, 9.17) is 9.84 Å². The summed E-state index contributed by atoms with van der Waals surface area (Å²) in [4.78, 5) is 14.6.